The first-order valence-electron chi connectivity index (χ1n) is 6.20. The number of methoxy groups -OCH3 is 1. The van der Waals surface area contributed by atoms with Crippen molar-refractivity contribution >= 4 is 23.2 Å². The summed E-state index contributed by atoms with van der Waals surface area (Å²) >= 11 is 0. The molecule has 0 atom stereocenters. The predicted octanol–water partition coefficient (Wildman–Crippen LogP) is 0.0231. The van der Waals surface area contributed by atoms with Crippen molar-refractivity contribution in [3.8, 4) is 5.75 Å². The molecule has 0 heterocycles. The van der Waals surface area contributed by atoms with Crippen molar-refractivity contribution in [2.45, 2.75) is 6.92 Å². The van der Waals surface area contributed by atoms with Gasteiger partial charge < -0.3 is 21.5 Å². The lowest BCUT2D eigenvalue weighted by molar-refractivity contribution is -0.121. The Kier molecular flexibility index (Phi) is 5.79. The second kappa shape index (κ2) is 7.34. The van der Waals surface area contributed by atoms with Gasteiger partial charge in [0.2, 0.25) is 11.8 Å². The van der Waals surface area contributed by atoms with Crippen molar-refractivity contribution in [2.75, 3.05) is 37.8 Å². The number of hydrogen-bond donors (Lipinski definition) is 3. The van der Waals surface area contributed by atoms with E-state index in [4.69, 9.17) is 16.2 Å². The summed E-state index contributed by atoms with van der Waals surface area (Å²) in [4.78, 5) is 24.4. The van der Waals surface area contributed by atoms with Gasteiger partial charge in [-0.1, -0.05) is 6.92 Å². The smallest absolute Gasteiger partial charge is 0.238 e. The molecule has 0 aliphatic carbocycles. The van der Waals surface area contributed by atoms with E-state index in [2.05, 4.69) is 5.32 Å². The zero-order chi connectivity index (χ0) is 15.1. The Morgan fingerprint density at radius 2 is 2.05 bits per heavy atom. The molecule has 0 spiro atoms. The Hall–Kier alpha value is -2.28. The van der Waals surface area contributed by atoms with E-state index in [1.807, 2.05) is 6.92 Å². The van der Waals surface area contributed by atoms with Crippen LogP contribution in [0, 0.1) is 0 Å². The number of nitrogens with zero attached hydrogens (tertiary/aromatic N) is 1. The van der Waals surface area contributed by atoms with Crippen LogP contribution < -0.4 is 21.5 Å². The Morgan fingerprint density at radius 1 is 1.35 bits per heavy atom. The molecule has 0 saturated heterocycles. The standard InChI is InChI=1S/C13H20N4O3/c1-3-17(7-12(15)18)8-13(19)16-11-5-4-9(20-2)6-10(11)14/h4-6H,3,7-8,14H2,1-2H3,(H2,15,18)(H,16,19). The molecule has 7 nitrogen and oxygen atoms in total. The van der Waals surface area contributed by atoms with E-state index >= 15 is 0 Å². The fourth-order valence-corrected chi connectivity index (χ4v) is 1.67. The van der Waals surface area contributed by atoms with Crippen LogP contribution in [0.2, 0.25) is 0 Å². The highest BCUT2D eigenvalue weighted by molar-refractivity contribution is 5.95. The van der Waals surface area contributed by atoms with Crippen LogP contribution >= 0.6 is 0 Å². The summed E-state index contributed by atoms with van der Waals surface area (Å²) in [6, 6.07) is 4.99. The average Bonchev–Trinajstić information content (AvgIpc) is 2.39. The minimum absolute atomic E-state index is 0.0437. The number of hydrogen-bond acceptors (Lipinski definition) is 5. The Labute approximate surface area is 117 Å². The topological polar surface area (TPSA) is 111 Å². The molecule has 20 heavy (non-hydrogen) atoms. The van der Waals surface area contributed by atoms with Gasteiger partial charge in [0.15, 0.2) is 0 Å². The van der Waals surface area contributed by atoms with Crippen LogP contribution in [0.15, 0.2) is 18.2 Å². The molecule has 0 aliphatic heterocycles. The van der Waals surface area contributed by atoms with Crippen molar-refractivity contribution in [2.24, 2.45) is 5.73 Å². The predicted molar refractivity (Wildman–Crippen MR) is 77.3 cm³/mol. The van der Waals surface area contributed by atoms with Crippen LogP contribution in [0.5, 0.6) is 5.75 Å². The molecule has 0 fully saturated rings. The first kappa shape index (κ1) is 15.8. The number of rotatable bonds is 7. The highest BCUT2D eigenvalue weighted by Gasteiger charge is 2.12. The molecular formula is C13H20N4O3. The second-order valence-electron chi connectivity index (χ2n) is 4.27. The van der Waals surface area contributed by atoms with Gasteiger partial charge in [-0.05, 0) is 18.7 Å². The largest absolute Gasteiger partial charge is 0.497 e. The normalized spacial score (nSPS) is 10.3. The summed E-state index contributed by atoms with van der Waals surface area (Å²) in [5.41, 5.74) is 11.8. The molecule has 1 aromatic carbocycles. The number of carbonyl (C=O) groups excluding carboxylic acids is 2. The van der Waals surface area contributed by atoms with Gasteiger partial charge in [-0.2, -0.15) is 0 Å². The monoisotopic (exact) mass is 280 g/mol. The number of nitrogens with one attached hydrogen (secondary N) is 1. The van der Waals surface area contributed by atoms with Crippen LogP contribution in [-0.4, -0.2) is 43.5 Å². The molecular weight excluding hydrogens is 260 g/mol. The molecule has 0 aliphatic rings. The molecule has 0 aromatic heterocycles. The first-order chi connectivity index (χ1) is 9.46. The minimum atomic E-state index is -0.469. The molecule has 0 bridgehead atoms. The van der Waals surface area contributed by atoms with Gasteiger partial charge in [-0.15, -0.1) is 0 Å². The summed E-state index contributed by atoms with van der Waals surface area (Å²) < 4.78 is 5.03. The van der Waals surface area contributed by atoms with Gasteiger partial charge in [0.05, 0.1) is 31.6 Å². The number of likely N-dealkylation sites (N-methyl/N-ethyl adjacent to an activating group) is 1. The lowest BCUT2D eigenvalue weighted by Gasteiger charge is -2.18. The van der Waals surface area contributed by atoms with Crippen molar-refractivity contribution < 1.29 is 14.3 Å². The van der Waals surface area contributed by atoms with E-state index in [1.54, 1.807) is 23.1 Å². The van der Waals surface area contributed by atoms with Gasteiger partial charge in [0.1, 0.15) is 5.75 Å². The number of anilines is 2. The molecule has 5 N–H and O–H groups in total. The van der Waals surface area contributed by atoms with Crippen molar-refractivity contribution in [1.29, 1.82) is 0 Å². The van der Waals surface area contributed by atoms with Crippen molar-refractivity contribution in [1.82, 2.24) is 4.90 Å². The summed E-state index contributed by atoms with van der Waals surface area (Å²) in [6.07, 6.45) is 0. The number of ether oxygens (including phenoxy) is 1. The maximum Gasteiger partial charge on any atom is 0.238 e. The third-order valence-corrected chi connectivity index (χ3v) is 2.73. The number of benzene rings is 1. The summed E-state index contributed by atoms with van der Waals surface area (Å²) in [5.74, 6) is -0.113. The van der Waals surface area contributed by atoms with Crippen molar-refractivity contribution in [3.05, 3.63) is 18.2 Å². The van der Waals surface area contributed by atoms with Crippen LogP contribution in [0.25, 0.3) is 0 Å². The van der Waals surface area contributed by atoms with E-state index in [0.29, 0.717) is 23.7 Å². The van der Waals surface area contributed by atoms with Crippen LogP contribution in [-0.2, 0) is 9.59 Å². The third-order valence-electron chi connectivity index (χ3n) is 2.73. The molecule has 2 amide bonds. The zero-order valence-corrected chi connectivity index (χ0v) is 11.7. The highest BCUT2D eigenvalue weighted by atomic mass is 16.5. The van der Waals surface area contributed by atoms with Gasteiger partial charge in [-0.3, -0.25) is 14.5 Å². The number of amides is 2. The minimum Gasteiger partial charge on any atom is -0.497 e. The van der Waals surface area contributed by atoms with E-state index in [9.17, 15) is 9.59 Å². The number of carbonyl (C=O) groups is 2. The van der Waals surface area contributed by atoms with Gasteiger partial charge in [0, 0.05) is 6.07 Å². The summed E-state index contributed by atoms with van der Waals surface area (Å²) in [6.45, 7) is 2.51. The Bertz CT molecular complexity index is 491. The molecule has 0 radical (unpaired) electrons. The van der Waals surface area contributed by atoms with Crippen molar-refractivity contribution in [3.63, 3.8) is 0 Å². The molecule has 0 saturated carbocycles. The Morgan fingerprint density at radius 3 is 2.55 bits per heavy atom. The van der Waals surface area contributed by atoms with Gasteiger partial charge in [0.25, 0.3) is 0 Å². The average molecular weight is 280 g/mol. The van der Waals surface area contributed by atoms with E-state index in [-0.39, 0.29) is 19.0 Å². The molecule has 1 aromatic rings. The quantitative estimate of drug-likeness (QED) is 0.610. The molecule has 1 rings (SSSR count). The summed E-state index contributed by atoms with van der Waals surface area (Å²) in [7, 11) is 1.54. The number of primary amides is 1. The molecule has 110 valence electrons. The van der Waals surface area contributed by atoms with Gasteiger partial charge in [-0.25, -0.2) is 0 Å². The van der Waals surface area contributed by atoms with Crippen LogP contribution in [0.4, 0.5) is 11.4 Å². The van der Waals surface area contributed by atoms with E-state index in [0.717, 1.165) is 0 Å². The fraction of sp³-hybridized carbons (Fsp3) is 0.385. The lowest BCUT2D eigenvalue weighted by atomic mass is 10.2. The fourth-order valence-electron chi connectivity index (χ4n) is 1.67. The maximum atomic E-state index is 11.9. The second-order valence-corrected chi connectivity index (χ2v) is 4.27. The lowest BCUT2D eigenvalue weighted by Crippen LogP contribution is -2.39. The van der Waals surface area contributed by atoms with Gasteiger partial charge >= 0.3 is 0 Å². The number of nitrogen functional groups attached to an aromatic ring is 1. The van der Waals surface area contributed by atoms with E-state index < -0.39 is 5.91 Å². The Balaban J connectivity index is 2.63. The summed E-state index contributed by atoms with van der Waals surface area (Å²) in [5, 5.41) is 2.69. The first-order valence-corrected chi connectivity index (χ1v) is 6.20. The number of nitrogens with two attached hydrogens (primary N) is 2. The maximum absolute atomic E-state index is 11.9. The third kappa shape index (κ3) is 4.77. The van der Waals surface area contributed by atoms with Crippen LogP contribution in [0.3, 0.4) is 0 Å². The SMILES string of the molecule is CCN(CC(N)=O)CC(=O)Nc1ccc(OC)cc1N. The van der Waals surface area contributed by atoms with E-state index in [1.165, 1.54) is 7.11 Å². The molecule has 0 unspecified atom stereocenters. The highest BCUT2D eigenvalue weighted by Crippen LogP contribution is 2.23. The van der Waals surface area contributed by atoms with Crippen LogP contribution in [0.1, 0.15) is 6.92 Å². The molecule has 7 heteroatoms. The zero-order valence-electron chi connectivity index (χ0n) is 11.7.